The predicted molar refractivity (Wildman–Crippen MR) is 88.8 cm³/mol. The van der Waals surface area contributed by atoms with Crippen LogP contribution in [0.3, 0.4) is 0 Å². The maximum atomic E-state index is 12.3. The minimum atomic E-state index is 0.0310. The number of carbonyl (C=O) groups is 1. The van der Waals surface area contributed by atoms with E-state index in [2.05, 4.69) is 17.6 Å². The van der Waals surface area contributed by atoms with Crippen LogP contribution in [0.2, 0.25) is 0 Å². The van der Waals surface area contributed by atoms with Crippen molar-refractivity contribution in [1.29, 1.82) is 0 Å². The SMILES string of the molecule is CNc1cc(C)ccc1C(=O)NCCC1CCC(C)CC1. The second-order valence-electron chi connectivity index (χ2n) is 6.47. The first kappa shape index (κ1) is 15.9. The first-order chi connectivity index (χ1) is 10.1. The number of rotatable bonds is 5. The van der Waals surface area contributed by atoms with Crippen LogP contribution in [0, 0.1) is 18.8 Å². The van der Waals surface area contributed by atoms with E-state index in [1.807, 2.05) is 32.2 Å². The van der Waals surface area contributed by atoms with Crippen LogP contribution in [-0.2, 0) is 0 Å². The average molecular weight is 288 g/mol. The molecule has 1 aromatic rings. The van der Waals surface area contributed by atoms with Gasteiger partial charge in [-0.2, -0.15) is 0 Å². The second kappa shape index (κ2) is 7.48. The summed E-state index contributed by atoms with van der Waals surface area (Å²) in [6, 6.07) is 5.90. The molecule has 1 aliphatic rings. The Bertz CT molecular complexity index is 476. The smallest absolute Gasteiger partial charge is 0.253 e. The van der Waals surface area contributed by atoms with E-state index in [1.165, 1.54) is 25.7 Å². The lowest BCUT2D eigenvalue weighted by atomic mass is 9.81. The van der Waals surface area contributed by atoms with E-state index in [9.17, 15) is 4.79 Å². The van der Waals surface area contributed by atoms with E-state index >= 15 is 0 Å². The van der Waals surface area contributed by atoms with Crippen LogP contribution in [0.5, 0.6) is 0 Å². The third-order valence-electron chi connectivity index (χ3n) is 4.66. The highest BCUT2D eigenvalue weighted by Gasteiger charge is 2.18. The van der Waals surface area contributed by atoms with Gasteiger partial charge in [-0.1, -0.05) is 38.7 Å². The van der Waals surface area contributed by atoms with Crippen molar-refractivity contribution in [2.75, 3.05) is 18.9 Å². The van der Waals surface area contributed by atoms with Gasteiger partial charge in [0.15, 0.2) is 0 Å². The fraction of sp³-hybridized carbons (Fsp3) is 0.611. The summed E-state index contributed by atoms with van der Waals surface area (Å²) < 4.78 is 0. The number of aryl methyl sites for hydroxylation is 1. The summed E-state index contributed by atoms with van der Waals surface area (Å²) in [7, 11) is 1.86. The van der Waals surface area contributed by atoms with Crippen LogP contribution in [0.4, 0.5) is 5.69 Å². The van der Waals surface area contributed by atoms with Crippen molar-refractivity contribution in [3.8, 4) is 0 Å². The summed E-state index contributed by atoms with van der Waals surface area (Å²) >= 11 is 0. The molecule has 0 aromatic heterocycles. The zero-order valence-corrected chi connectivity index (χ0v) is 13.5. The standard InChI is InChI=1S/C18H28N2O/c1-13-4-7-15(8-5-13)10-11-20-18(21)16-9-6-14(2)12-17(16)19-3/h6,9,12-13,15,19H,4-5,7-8,10-11H2,1-3H3,(H,20,21). The summed E-state index contributed by atoms with van der Waals surface area (Å²) in [5.74, 6) is 1.72. The van der Waals surface area contributed by atoms with E-state index in [1.54, 1.807) is 0 Å². The predicted octanol–water partition coefficient (Wildman–Crippen LogP) is 3.98. The van der Waals surface area contributed by atoms with E-state index in [0.717, 1.165) is 41.6 Å². The van der Waals surface area contributed by atoms with Gasteiger partial charge in [0.25, 0.3) is 5.91 Å². The molecule has 1 saturated carbocycles. The fourth-order valence-corrected chi connectivity index (χ4v) is 3.17. The fourth-order valence-electron chi connectivity index (χ4n) is 3.17. The number of benzene rings is 1. The van der Waals surface area contributed by atoms with Crippen LogP contribution in [0.25, 0.3) is 0 Å². The van der Waals surface area contributed by atoms with Crippen LogP contribution >= 0.6 is 0 Å². The molecule has 1 fully saturated rings. The van der Waals surface area contributed by atoms with Gasteiger partial charge in [0.05, 0.1) is 5.56 Å². The first-order valence-electron chi connectivity index (χ1n) is 8.16. The quantitative estimate of drug-likeness (QED) is 0.860. The number of amides is 1. The van der Waals surface area contributed by atoms with Crippen LogP contribution < -0.4 is 10.6 Å². The zero-order chi connectivity index (χ0) is 15.2. The molecule has 0 heterocycles. The van der Waals surface area contributed by atoms with Gasteiger partial charge in [0.2, 0.25) is 0 Å². The number of carbonyl (C=O) groups excluding carboxylic acids is 1. The van der Waals surface area contributed by atoms with Gasteiger partial charge in [-0.05, 0) is 42.9 Å². The Morgan fingerprint density at radius 2 is 1.95 bits per heavy atom. The maximum absolute atomic E-state index is 12.3. The Labute approximate surface area is 128 Å². The first-order valence-corrected chi connectivity index (χ1v) is 8.16. The second-order valence-corrected chi connectivity index (χ2v) is 6.47. The third-order valence-corrected chi connectivity index (χ3v) is 4.66. The van der Waals surface area contributed by atoms with Crippen molar-refractivity contribution in [3.05, 3.63) is 29.3 Å². The Balaban J connectivity index is 1.82. The lowest BCUT2D eigenvalue weighted by Gasteiger charge is -2.26. The Kier molecular flexibility index (Phi) is 5.66. The Morgan fingerprint density at radius 3 is 2.62 bits per heavy atom. The molecule has 0 radical (unpaired) electrons. The molecule has 1 amide bonds. The van der Waals surface area contributed by atoms with Crippen molar-refractivity contribution >= 4 is 11.6 Å². The highest BCUT2D eigenvalue weighted by Crippen LogP contribution is 2.30. The molecule has 0 aliphatic heterocycles. The molecular weight excluding hydrogens is 260 g/mol. The van der Waals surface area contributed by atoms with E-state index in [0.29, 0.717) is 0 Å². The number of hydrogen-bond donors (Lipinski definition) is 2. The van der Waals surface area contributed by atoms with Gasteiger partial charge in [-0.15, -0.1) is 0 Å². The van der Waals surface area contributed by atoms with Gasteiger partial charge in [0.1, 0.15) is 0 Å². The molecule has 0 saturated heterocycles. The molecule has 0 spiro atoms. The van der Waals surface area contributed by atoms with Gasteiger partial charge < -0.3 is 10.6 Å². The van der Waals surface area contributed by atoms with Crippen molar-refractivity contribution in [3.63, 3.8) is 0 Å². The summed E-state index contributed by atoms with van der Waals surface area (Å²) in [6.45, 7) is 5.16. The van der Waals surface area contributed by atoms with Crippen molar-refractivity contribution in [1.82, 2.24) is 5.32 Å². The average Bonchev–Trinajstić information content (AvgIpc) is 2.49. The summed E-state index contributed by atoms with van der Waals surface area (Å²) in [4.78, 5) is 12.3. The van der Waals surface area contributed by atoms with Crippen molar-refractivity contribution in [2.24, 2.45) is 11.8 Å². The molecule has 0 unspecified atom stereocenters. The van der Waals surface area contributed by atoms with Crippen LogP contribution in [0.1, 0.15) is 54.9 Å². The van der Waals surface area contributed by atoms with Crippen LogP contribution in [0.15, 0.2) is 18.2 Å². The normalized spacial score (nSPS) is 21.9. The highest BCUT2D eigenvalue weighted by atomic mass is 16.1. The largest absolute Gasteiger partial charge is 0.387 e. The molecule has 1 aromatic carbocycles. The van der Waals surface area contributed by atoms with Crippen molar-refractivity contribution in [2.45, 2.75) is 46.0 Å². The molecule has 21 heavy (non-hydrogen) atoms. The minimum Gasteiger partial charge on any atom is -0.387 e. The number of hydrogen-bond acceptors (Lipinski definition) is 2. The number of anilines is 1. The van der Waals surface area contributed by atoms with Gasteiger partial charge in [0, 0.05) is 19.3 Å². The molecule has 0 bridgehead atoms. The number of nitrogens with one attached hydrogen (secondary N) is 2. The molecule has 0 atom stereocenters. The molecule has 1 aliphatic carbocycles. The van der Waals surface area contributed by atoms with Gasteiger partial charge in [-0.25, -0.2) is 0 Å². The highest BCUT2D eigenvalue weighted by molar-refractivity contribution is 5.99. The summed E-state index contributed by atoms with van der Waals surface area (Å²) in [6.07, 6.45) is 6.45. The van der Waals surface area contributed by atoms with Gasteiger partial charge >= 0.3 is 0 Å². The Morgan fingerprint density at radius 1 is 1.24 bits per heavy atom. The van der Waals surface area contributed by atoms with Crippen molar-refractivity contribution < 1.29 is 4.79 Å². The lowest BCUT2D eigenvalue weighted by molar-refractivity contribution is 0.0950. The molecule has 3 nitrogen and oxygen atoms in total. The van der Waals surface area contributed by atoms with E-state index in [4.69, 9.17) is 0 Å². The molecule has 2 N–H and O–H groups in total. The molecule has 2 rings (SSSR count). The Hall–Kier alpha value is -1.51. The monoisotopic (exact) mass is 288 g/mol. The van der Waals surface area contributed by atoms with E-state index < -0.39 is 0 Å². The van der Waals surface area contributed by atoms with E-state index in [-0.39, 0.29) is 5.91 Å². The topological polar surface area (TPSA) is 41.1 Å². The molecule has 3 heteroatoms. The lowest BCUT2D eigenvalue weighted by Crippen LogP contribution is -2.27. The maximum Gasteiger partial charge on any atom is 0.253 e. The summed E-state index contributed by atoms with van der Waals surface area (Å²) in [5, 5.41) is 6.17. The molecular formula is C18H28N2O. The third kappa shape index (κ3) is 4.48. The zero-order valence-electron chi connectivity index (χ0n) is 13.5. The van der Waals surface area contributed by atoms with Gasteiger partial charge in [-0.3, -0.25) is 4.79 Å². The summed E-state index contributed by atoms with van der Waals surface area (Å²) in [5.41, 5.74) is 2.80. The molecule has 116 valence electrons. The minimum absolute atomic E-state index is 0.0310. The van der Waals surface area contributed by atoms with Crippen LogP contribution in [-0.4, -0.2) is 19.5 Å².